The van der Waals surface area contributed by atoms with Crippen LogP contribution in [0.5, 0.6) is 0 Å². The van der Waals surface area contributed by atoms with Crippen molar-refractivity contribution in [2.75, 3.05) is 0 Å². The van der Waals surface area contributed by atoms with Crippen LogP contribution in [0, 0.1) is 35.5 Å². The van der Waals surface area contributed by atoms with E-state index in [0.717, 1.165) is 16.9 Å². The first-order chi connectivity index (χ1) is 15.4. The van der Waals surface area contributed by atoms with E-state index < -0.39 is 53.7 Å². The highest BCUT2D eigenvalue weighted by atomic mass is 19.4. The second kappa shape index (κ2) is 7.71. The van der Waals surface area contributed by atoms with Gasteiger partial charge < -0.3 is 5.11 Å². The molecule has 0 aliphatic heterocycles. The molecule has 0 saturated heterocycles. The molecular weight excluding hydrogens is 450 g/mol. The Kier molecular flexibility index (Phi) is 5.42. The summed E-state index contributed by atoms with van der Waals surface area (Å²) in [5.41, 5.74) is -3.16. The number of nitrogens with zero attached hydrogens (tertiary/aromatic N) is 2. The van der Waals surface area contributed by atoms with E-state index in [1.807, 2.05) is 0 Å². The summed E-state index contributed by atoms with van der Waals surface area (Å²) in [4.78, 5) is 12.9. The number of halogens is 6. The number of aromatic nitrogens is 2. The summed E-state index contributed by atoms with van der Waals surface area (Å²) in [6, 6.07) is 0.750. The molecule has 0 spiro atoms. The average molecular weight is 478 g/mol. The summed E-state index contributed by atoms with van der Waals surface area (Å²) in [7, 11) is 0. The molecule has 0 unspecified atom stereocenters. The Bertz CT molecular complexity index is 917. The van der Waals surface area contributed by atoms with Crippen LogP contribution < -0.4 is 0 Å². The standard InChI is InChI=1S/C23H28F6N2O2/c24-17-9-16(18(32)11-31-8-5-19(30-31)23(27,28)29)22(26)7-4-14-13-3-6-21(25,33)10-12(13)1-2-15(14)20(17)22/h5,8,12-17,20,33H,1-4,6-7,9-11H2/t12-,13+,14-,15-,16+,17-,20+,21+,22+/m1/s1. The van der Waals surface area contributed by atoms with E-state index in [9.17, 15) is 27.5 Å². The van der Waals surface area contributed by atoms with Crippen LogP contribution in [0.25, 0.3) is 0 Å². The summed E-state index contributed by atoms with van der Waals surface area (Å²) in [6.45, 7) is -0.528. The van der Waals surface area contributed by atoms with Crippen LogP contribution in [0.1, 0.15) is 57.1 Å². The maximum absolute atomic E-state index is 16.4. The Morgan fingerprint density at radius 3 is 2.55 bits per heavy atom. The molecule has 0 aromatic carbocycles. The number of Topliss-reactive ketones (excluding diaryl/α,β-unsaturated/α-hetero) is 1. The highest BCUT2D eigenvalue weighted by molar-refractivity contribution is 5.82. The Morgan fingerprint density at radius 2 is 1.85 bits per heavy atom. The minimum Gasteiger partial charge on any atom is -0.362 e. The topological polar surface area (TPSA) is 55.1 Å². The van der Waals surface area contributed by atoms with Crippen LogP contribution in [0.4, 0.5) is 26.3 Å². The number of aliphatic hydroxyl groups is 1. The number of ketones is 1. The summed E-state index contributed by atoms with van der Waals surface area (Å²) in [5.74, 6) is -5.02. The fourth-order valence-electron chi connectivity index (χ4n) is 7.69. The van der Waals surface area contributed by atoms with Crippen molar-refractivity contribution in [3.63, 3.8) is 0 Å². The summed E-state index contributed by atoms with van der Waals surface area (Å²) >= 11 is 0. The zero-order valence-corrected chi connectivity index (χ0v) is 18.1. The molecule has 0 bridgehead atoms. The Balaban J connectivity index is 1.32. The van der Waals surface area contributed by atoms with E-state index >= 15 is 8.78 Å². The zero-order valence-electron chi connectivity index (χ0n) is 18.1. The van der Waals surface area contributed by atoms with Crippen LogP contribution in [-0.2, 0) is 17.5 Å². The van der Waals surface area contributed by atoms with Crippen molar-refractivity contribution in [2.45, 2.75) is 81.8 Å². The first-order valence-electron chi connectivity index (χ1n) is 11.8. The number of carbonyl (C=O) groups is 1. The van der Waals surface area contributed by atoms with Crippen LogP contribution in [0.2, 0.25) is 0 Å². The van der Waals surface area contributed by atoms with Gasteiger partial charge >= 0.3 is 6.18 Å². The summed E-state index contributed by atoms with van der Waals surface area (Å²) < 4.78 is 85.0. The third-order valence-electron chi connectivity index (χ3n) is 8.96. The van der Waals surface area contributed by atoms with E-state index in [-0.39, 0.29) is 49.4 Å². The molecular formula is C23H28F6N2O2. The summed E-state index contributed by atoms with van der Waals surface area (Å²) in [6.07, 6.45) is -3.17. The maximum Gasteiger partial charge on any atom is 0.435 e. The molecule has 4 aliphatic carbocycles. The molecule has 33 heavy (non-hydrogen) atoms. The van der Waals surface area contributed by atoms with Gasteiger partial charge in [0.2, 0.25) is 5.85 Å². The van der Waals surface area contributed by atoms with Crippen LogP contribution >= 0.6 is 0 Å². The van der Waals surface area contributed by atoms with E-state index in [2.05, 4.69) is 5.10 Å². The number of alkyl halides is 6. The zero-order chi connectivity index (χ0) is 23.8. The normalized spacial score (nSPS) is 45.2. The van der Waals surface area contributed by atoms with Gasteiger partial charge in [-0.2, -0.15) is 18.3 Å². The molecule has 1 N–H and O–H groups in total. The van der Waals surface area contributed by atoms with Gasteiger partial charge in [0.25, 0.3) is 0 Å². The highest BCUT2D eigenvalue weighted by Gasteiger charge is 2.65. The lowest BCUT2D eigenvalue weighted by atomic mass is 9.52. The van der Waals surface area contributed by atoms with E-state index in [1.54, 1.807) is 0 Å². The third kappa shape index (κ3) is 3.90. The first-order valence-corrected chi connectivity index (χ1v) is 11.8. The molecule has 4 aliphatic rings. The lowest BCUT2D eigenvalue weighted by Gasteiger charge is -2.54. The molecule has 0 amide bonds. The Hall–Kier alpha value is -1.58. The second-order valence-corrected chi connectivity index (χ2v) is 10.6. The fraction of sp³-hybridized carbons (Fsp3) is 0.826. The lowest BCUT2D eigenvalue weighted by molar-refractivity contribution is -0.170. The molecule has 1 heterocycles. The minimum atomic E-state index is -4.65. The number of rotatable bonds is 3. The maximum atomic E-state index is 16.4. The summed E-state index contributed by atoms with van der Waals surface area (Å²) in [5, 5.41) is 13.2. The largest absolute Gasteiger partial charge is 0.435 e. The molecule has 10 heteroatoms. The molecule has 1 aromatic heterocycles. The van der Waals surface area contributed by atoms with Gasteiger partial charge in [0, 0.05) is 25.0 Å². The van der Waals surface area contributed by atoms with Gasteiger partial charge in [0.05, 0.1) is 12.5 Å². The van der Waals surface area contributed by atoms with Crippen molar-refractivity contribution in [3.8, 4) is 0 Å². The molecule has 4 fully saturated rings. The van der Waals surface area contributed by atoms with Crippen molar-refractivity contribution in [3.05, 3.63) is 18.0 Å². The highest BCUT2D eigenvalue weighted by Crippen LogP contribution is 2.63. The number of hydrogen-bond acceptors (Lipinski definition) is 3. The van der Waals surface area contributed by atoms with Crippen molar-refractivity contribution in [1.82, 2.24) is 9.78 Å². The van der Waals surface area contributed by atoms with Crippen molar-refractivity contribution >= 4 is 5.78 Å². The van der Waals surface area contributed by atoms with E-state index in [4.69, 9.17) is 0 Å². The molecule has 0 radical (unpaired) electrons. The average Bonchev–Trinajstić information content (AvgIpc) is 3.29. The van der Waals surface area contributed by atoms with Gasteiger partial charge in [-0.15, -0.1) is 0 Å². The molecule has 1 aromatic rings. The quantitative estimate of drug-likeness (QED) is 0.619. The van der Waals surface area contributed by atoms with Gasteiger partial charge in [-0.3, -0.25) is 9.48 Å². The third-order valence-corrected chi connectivity index (χ3v) is 8.96. The van der Waals surface area contributed by atoms with Crippen LogP contribution in [-0.4, -0.2) is 38.4 Å². The predicted octanol–water partition coefficient (Wildman–Crippen LogP) is 5.05. The predicted molar refractivity (Wildman–Crippen MR) is 105 cm³/mol. The van der Waals surface area contributed by atoms with Crippen molar-refractivity contribution in [2.24, 2.45) is 35.5 Å². The van der Waals surface area contributed by atoms with E-state index in [0.29, 0.717) is 25.7 Å². The van der Waals surface area contributed by atoms with Crippen molar-refractivity contribution < 1.29 is 36.2 Å². The molecule has 4 saturated carbocycles. The number of hydrogen-bond donors (Lipinski definition) is 1. The van der Waals surface area contributed by atoms with Gasteiger partial charge in [-0.05, 0) is 68.3 Å². The second-order valence-electron chi connectivity index (χ2n) is 10.6. The molecule has 4 nitrogen and oxygen atoms in total. The van der Waals surface area contributed by atoms with Gasteiger partial charge in [-0.25, -0.2) is 13.2 Å². The number of fused-ring (bicyclic) bond motifs is 5. The van der Waals surface area contributed by atoms with Crippen LogP contribution in [0.3, 0.4) is 0 Å². The molecule has 5 rings (SSSR count). The van der Waals surface area contributed by atoms with Gasteiger partial charge in [0.1, 0.15) is 11.8 Å². The smallest absolute Gasteiger partial charge is 0.362 e. The monoisotopic (exact) mass is 478 g/mol. The minimum absolute atomic E-state index is 0.00153. The van der Waals surface area contributed by atoms with E-state index in [1.165, 1.54) is 0 Å². The molecule has 9 atom stereocenters. The number of carbonyl (C=O) groups excluding carboxylic acids is 1. The van der Waals surface area contributed by atoms with Gasteiger partial charge in [-0.1, -0.05) is 0 Å². The van der Waals surface area contributed by atoms with Crippen molar-refractivity contribution in [1.29, 1.82) is 0 Å². The lowest BCUT2D eigenvalue weighted by Crippen LogP contribution is -2.54. The Morgan fingerprint density at radius 1 is 1.12 bits per heavy atom. The van der Waals surface area contributed by atoms with Gasteiger partial charge in [0.15, 0.2) is 11.5 Å². The first kappa shape index (κ1) is 23.2. The Labute approximate surface area is 187 Å². The van der Waals surface area contributed by atoms with Crippen LogP contribution in [0.15, 0.2) is 12.3 Å². The SMILES string of the molecule is O=C(Cn1ccc(C(F)(F)F)n1)[C@@H]1C[C@@H](F)[C@@H]2[C@@H]3CC[C@@H]4C[C@](O)(F)CC[C@@H]4[C@H]3CC[C@@]21F. The molecule has 184 valence electrons. The fourth-order valence-corrected chi connectivity index (χ4v) is 7.69.